The van der Waals surface area contributed by atoms with Crippen LogP contribution in [-0.4, -0.2) is 20.3 Å². The summed E-state index contributed by atoms with van der Waals surface area (Å²) in [4.78, 5) is 0. The van der Waals surface area contributed by atoms with Gasteiger partial charge in [0, 0.05) is 0 Å². The lowest BCUT2D eigenvalue weighted by molar-refractivity contribution is -0.0546. The summed E-state index contributed by atoms with van der Waals surface area (Å²) in [7, 11) is 3.39. The van der Waals surface area contributed by atoms with Gasteiger partial charge in [0.25, 0.3) is 0 Å². The molecule has 0 unspecified atom stereocenters. The summed E-state index contributed by atoms with van der Waals surface area (Å²) in [6.45, 7) is 0. The van der Waals surface area contributed by atoms with Crippen molar-refractivity contribution < 1.29 is 14.2 Å². The van der Waals surface area contributed by atoms with Gasteiger partial charge < -0.3 is 14.2 Å². The maximum atomic E-state index is 6.35. The zero-order valence-corrected chi connectivity index (χ0v) is 14.5. The molecule has 0 aromatic heterocycles. The van der Waals surface area contributed by atoms with Gasteiger partial charge in [-0.25, -0.2) is 0 Å². The normalized spacial score (nSPS) is 20.6. The van der Waals surface area contributed by atoms with Gasteiger partial charge in [0.05, 0.1) is 26.4 Å². The van der Waals surface area contributed by atoms with Crippen LogP contribution in [0.2, 0.25) is 0 Å². The molecule has 0 radical (unpaired) electrons. The average molecular weight is 326 g/mol. The van der Waals surface area contributed by atoms with Gasteiger partial charge in [-0.05, 0) is 67.5 Å². The minimum atomic E-state index is 0.213. The number of rotatable bonds is 6. The van der Waals surface area contributed by atoms with Crippen LogP contribution < -0.4 is 9.47 Å². The van der Waals surface area contributed by atoms with Gasteiger partial charge in [0.1, 0.15) is 11.5 Å². The first-order valence-corrected chi connectivity index (χ1v) is 8.71. The second-order valence-electron chi connectivity index (χ2n) is 6.34. The van der Waals surface area contributed by atoms with E-state index in [1.807, 2.05) is 24.3 Å². The van der Waals surface area contributed by atoms with Gasteiger partial charge in [-0.1, -0.05) is 24.3 Å². The molecule has 2 aromatic rings. The highest BCUT2D eigenvalue weighted by atomic mass is 16.5. The van der Waals surface area contributed by atoms with Crippen LogP contribution in [0.15, 0.2) is 48.5 Å². The zero-order valence-electron chi connectivity index (χ0n) is 14.5. The van der Waals surface area contributed by atoms with Crippen molar-refractivity contribution in [2.75, 3.05) is 14.2 Å². The molecule has 0 saturated carbocycles. The molecule has 0 spiro atoms. The Morgan fingerprint density at radius 3 is 2.12 bits per heavy atom. The predicted molar refractivity (Wildman–Crippen MR) is 95.8 cm³/mol. The molecular formula is C21H26O3. The van der Waals surface area contributed by atoms with E-state index in [1.165, 1.54) is 17.5 Å². The van der Waals surface area contributed by atoms with Crippen molar-refractivity contribution >= 4 is 0 Å². The van der Waals surface area contributed by atoms with Crippen LogP contribution in [0.4, 0.5) is 0 Å². The maximum Gasteiger partial charge on any atom is 0.118 e. The smallest absolute Gasteiger partial charge is 0.118 e. The highest BCUT2D eigenvalue weighted by Crippen LogP contribution is 2.33. The lowest BCUT2D eigenvalue weighted by Crippen LogP contribution is -2.23. The molecule has 2 aromatic carbocycles. The van der Waals surface area contributed by atoms with E-state index in [0.717, 1.165) is 37.2 Å². The first-order valence-electron chi connectivity index (χ1n) is 8.71. The minimum absolute atomic E-state index is 0.213. The summed E-state index contributed by atoms with van der Waals surface area (Å²) in [5.74, 6) is 1.80. The second-order valence-corrected chi connectivity index (χ2v) is 6.34. The number of aryl methyl sites for hydroxylation is 1. The Morgan fingerprint density at radius 2 is 1.50 bits per heavy atom. The predicted octanol–water partition coefficient (Wildman–Crippen LogP) is 4.95. The molecule has 3 heteroatoms. The highest BCUT2D eigenvalue weighted by molar-refractivity contribution is 5.29. The monoisotopic (exact) mass is 326 g/mol. The fourth-order valence-corrected chi connectivity index (χ4v) is 3.30. The van der Waals surface area contributed by atoms with Gasteiger partial charge in [-0.2, -0.15) is 0 Å². The molecular weight excluding hydrogens is 300 g/mol. The van der Waals surface area contributed by atoms with Crippen LogP contribution in [-0.2, 0) is 11.2 Å². The molecule has 3 rings (SSSR count). The van der Waals surface area contributed by atoms with Crippen molar-refractivity contribution in [1.29, 1.82) is 0 Å². The fraction of sp³-hybridized carbons (Fsp3) is 0.429. The van der Waals surface area contributed by atoms with Crippen LogP contribution in [0.25, 0.3) is 0 Å². The van der Waals surface area contributed by atoms with E-state index < -0.39 is 0 Å². The molecule has 24 heavy (non-hydrogen) atoms. The van der Waals surface area contributed by atoms with Crippen LogP contribution in [0.1, 0.15) is 42.9 Å². The molecule has 0 aliphatic carbocycles. The molecule has 2 atom stereocenters. The molecule has 1 fully saturated rings. The van der Waals surface area contributed by atoms with E-state index in [-0.39, 0.29) is 6.10 Å². The Labute approximate surface area is 144 Å². The zero-order chi connectivity index (χ0) is 16.8. The van der Waals surface area contributed by atoms with Gasteiger partial charge in [-0.3, -0.25) is 0 Å². The van der Waals surface area contributed by atoms with E-state index in [4.69, 9.17) is 14.2 Å². The van der Waals surface area contributed by atoms with Crippen molar-refractivity contribution in [1.82, 2.24) is 0 Å². The summed E-state index contributed by atoms with van der Waals surface area (Å²) in [6, 6.07) is 16.6. The van der Waals surface area contributed by atoms with Crippen LogP contribution >= 0.6 is 0 Å². The number of ether oxygens (including phenoxy) is 3. The lowest BCUT2D eigenvalue weighted by atomic mass is 9.95. The molecule has 0 amide bonds. The largest absolute Gasteiger partial charge is 0.497 e. The number of methoxy groups -OCH3 is 2. The van der Waals surface area contributed by atoms with Crippen molar-refractivity contribution in [3.8, 4) is 11.5 Å². The van der Waals surface area contributed by atoms with E-state index in [0.29, 0.717) is 6.10 Å². The Balaban J connectivity index is 1.54. The van der Waals surface area contributed by atoms with Crippen LogP contribution in [0.3, 0.4) is 0 Å². The van der Waals surface area contributed by atoms with Crippen LogP contribution in [0.5, 0.6) is 11.5 Å². The topological polar surface area (TPSA) is 27.7 Å². The van der Waals surface area contributed by atoms with Crippen molar-refractivity contribution in [3.05, 3.63) is 59.7 Å². The number of hydrogen-bond acceptors (Lipinski definition) is 3. The Morgan fingerprint density at radius 1 is 0.875 bits per heavy atom. The quantitative estimate of drug-likeness (QED) is 0.752. The summed E-state index contributed by atoms with van der Waals surface area (Å²) in [5, 5.41) is 0. The minimum Gasteiger partial charge on any atom is -0.497 e. The Bertz CT molecular complexity index is 619. The standard InChI is InChI=1S/C21H26O3/c1-22-18-11-6-16(7-12-18)8-13-20-4-3-5-21(24-20)17-9-14-19(23-2)15-10-17/h6-7,9-12,14-15,20-21H,3-5,8,13H2,1-2H3/t20-,21+/m1/s1. The van der Waals surface area contributed by atoms with E-state index in [1.54, 1.807) is 14.2 Å². The van der Waals surface area contributed by atoms with E-state index >= 15 is 0 Å². The third kappa shape index (κ3) is 4.30. The summed E-state index contributed by atoms with van der Waals surface area (Å²) >= 11 is 0. The van der Waals surface area contributed by atoms with Gasteiger partial charge in [-0.15, -0.1) is 0 Å². The second kappa shape index (κ2) is 8.20. The summed E-state index contributed by atoms with van der Waals surface area (Å²) in [5.41, 5.74) is 2.59. The first kappa shape index (κ1) is 16.8. The molecule has 1 heterocycles. The lowest BCUT2D eigenvalue weighted by Gasteiger charge is -2.30. The fourth-order valence-electron chi connectivity index (χ4n) is 3.30. The number of benzene rings is 2. The summed E-state index contributed by atoms with van der Waals surface area (Å²) in [6.07, 6.45) is 6.15. The van der Waals surface area contributed by atoms with E-state index in [2.05, 4.69) is 24.3 Å². The molecule has 0 N–H and O–H groups in total. The van der Waals surface area contributed by atoms with Crippen molar-refractivity contribution in [2.45, 2.75) is 44.3 Å². The maximum absolute atomic E-state index is 6.35. The third-order valence-electron chi connectivity index (χ3n) is 4.75. The Hall–Kier alpha value is -2.00. The SMILES string of the molecule is COc1ccc(CC[C@H]2CCC[C@@H](c3ccc(OC)cc3)O2)cc1. The third-order valence-corrected chi connectivity index (χ3v) is 4.75. The van der Waals surface area contributed by atoms with Crippen molar-refractivity contribution in [2.24, 2.45) is 0 Å². The molecule has 3 nitrogen and oxygen atoms in total. The molecule has 128 valence electrons. The van der Waals surface area contributed by atoms with Gasteiger partial charge >= 0.3 is 0 Å². The molecule has 0 bridgehead atoms. The van der Waals surface area contributed by atoms with E-state index in [9.17, 15) is 0 Å². The van der Waals surface area contributed by atoms with Gasteiger partial charge in [0.2, 0.25) is 0 Å². The highest BCUT2D eigenvalue weighted by Gasteiger charge is 2.23. The average Bonchev–Trinajstić information content (AvgIpc) is 2.67. The van der Waals surface area contributed by atoms with Crippen molar-refractivity contribution in [3.63, 3.8) is 0 Å². The Kier molecular flexibility index (Phi) is 5.76. The molecule has 1 aliphatic rings. The van der Waals surface area contributed by atoms with Gasteiger partial charge in [0.15, 0.2) is 0 Å². The summed E-state index contributed by atoms with van der Waals surface area (Å²) < 4.78 is 16.8. The van der Waals surface area contributed by atoms with Crippen LogP contribution in [0, 0.1) is 0 Å². The number of hydrogen-bond donors (Lipinski definition) is 0. The molecule has 1 aliphatic heterocycles. The first-order chi connectivity index (χ1) is 11.8. The molecule has 1 saturated heterocycles.